The number of hydrogen-bond donors (Lipinski definition) is 2. The van der Waals surface area contributed by atoms with Gasteiger partial charge in [0.25, 0.3) is 0 Å². The second kappa shape index (κ2) is 6.79. The molecule has 0 saturated carbocycles. The fourth-order valence-electron chi connectivity index (χ4n) is 1.08. The first-order valence-corrected chi connectivity index (χ1v) is 4.99. The Balaban J connectivity index is 2.29. The summed E-state index contributed by atoms with van der Waals surface area (Å²) >= 11 is 0. The molecule has 0 saturated heterocycles. The van der Waals surface area contributed by atoms with Crippen molar-refractivity contribution in [2.45, 2.75) is 13.0 Å². The first-order chi connectivity index (χ1) is 7.74. The summed E-state index contributed by atoms with van der Waals surface area (Å²) in [5, 5.41) is 10.9. The zero-order chi connectivity index (χ0) is 11.8. The van der Waals surface area contributed by atoms with Crippen LogP contribution in [0, 0.1) is 5.82 Å². The molecule has 0 atom stereocenters. The summed E-state index contributed by atoms with van der Waals surface area (Å²) in [6, 6.07) is 6.10. The van der Waals surface area contributed by atoms with Gasteiger partial charge in [-0.3, -0.25) is 0 Å². The summed E-state index contributed by atoms with van der Waals surface area (Å²) in [7, 11) is 0. The van der Waals surface area contributed by atoms with Crippen LogP contribution in [0.1, 0.15) is 12.0 Å². The first-order valence-electron chi connectivity index (χ1n) is 4.99. The van der Waals surface area contributed by atoms with E-state index in [1.54, 1.807) is 18.2 Å². The van der Waals surface area contributed by atoms with E-state index in [1.165, 1.54) is 6.07 Å². The number of halogens is 1. The van der Waals surface area contributed by atoms with E-state index in [0.717, 1.165) is 0 Å². The predicted octanol–water partition coefficient (Wildman–Crippen LogP) is 1.43. The number of carbonyl (C=O) groups excluding carboxylic acids is 1. The quantitative estimate of drug-likeness (QED) is 0.748. The highest BCUT2D eigenvalue weighted by Crippen LogP contribution is 2.07. The molecule has 0 fully saturated rings. The fraction of sp³-hybridized carbons (Fsp3) is 0.364. The lowest BCUT2D eigenvalue weighted by Crippen LogP contribution is -2.25. The lowest BCUT2D eigenvalue weighted by molar-refractivity contribution is 0.137. The highest BCUT2D eigenvalue weighted by Gasteiger charge is 2.04. The molecule has 0 unspecified atom stereocenters. The topological polar surface area (TPSA) is 58.6 Å². The molecule has 0 aliphatic carbocycles. The molecule has 4 nitrogen and oxygen atoms in total. The molecule has 0 spiro atoms. The van der Waals surface area contributed by atoms with Crippen LogP contribution in [-0.2, 0) is 11.3 Å². The molecule has 16 heavy (non-hydrogen) atoms. The largest absolute Gasteiger partial charge is 0.445 e. The molecular formula is C11H14FNO3. The highest BCUT2D eigenvalue weighted by atomic mass is 19.1. The third-order valence-corrected chi connectivity index (χ3v) is 1.92. The number of nitrogens with one attached hydrogen (secondary N) is 1. The summed E-state index contributed by atoms with van der Waals surface area (Å²) in [6.07, 6.45) is -0.147. The first kappa shape index (κ1) is 12.4. The highest BCUT2D eigenvalue weighted by molar-refractivity contribution is 5.67. The maximum absolute atomic E-state index is 13.1. The third-order valence-electron chi connectivity index (χ3n) is 1.92. The molecule has 0 aliphatic rings. The van der Waals surface area contributed by atoms with Crippen LogP contribution in [0.5, 0.6) is 0 Å². The molecule has 0 aliphatic heterocycles. The number of rotatable bonds is 5. The molecule has 0 aromatic heterocycles. The fourth-order valence-corrected chi connectivity index (χ4v) is 1.08. The van der Waals surface area contributed by atoms with E-state index in [2.05, 4.69) is 5.32 Å². The van der Waals surface area contributed by atoms with Gasteiger partial charge >= 0.3 is 6.09 Å². The SMILES string of the molecule is O=C(NCCCO)OCc1ccccc1F. The molecule has 0 heterocycles. The number of alkyl carbamates (subject to hydrolysis) is 1. The van der Waals surface area contributed by atoms with Crippen LogP contribution in [0.25, 0.3) is 0 Å². The molecule has 1 amide bonds. The van der Waals surface area contributed by atoms with Gasteiger partial charge in [-0.15, -0.1) is 0 Å². The Morgan fingerprint density at radius 3 is 2.88 bits per heavy atom. The van der Waals surface area contributed by atoms with Crippen molar-refractivity contribution in [1.82, 2.24) is 5.32 Å². The average Bonchev–Trinajstić information content (AvgIpc) is 2.28. The molecule has 1 aromatic carbocycles. The van der Waals surface area contributed by atoms with Crippen molar-refractivity contribution in [3.8, 4) is 0 Å². The van der Waals surface area contributed by atoms with E-state index >= 15 is 0 Å². The van der Waals surface area contributed by atoms with Crippen LogP contribution in [0.2, 0.25) is 0 Å². The summed E-state index contributed by atoms with van der Waals surface area (Å²) in [6.45, 7) is 0.248. The van der Waals surface area contributed by atoms with Crippen molar-refractivity contribution >= 4 is 6.09 Å². The van der Waals surface area contributed by atoms with Gasteiger partial charge < -0.3 is 15.2 Å². The second-order valence-electron chi connectivity index (χ2n) is 3.17. The maximum Gasteiger partial charge on any atom is 0.407 e. The van der Waals surface area contributed by atoms with E-state index in [0.29, 0.717) is 18.5 Å². The molecule has 1 rings (SSSR count). The Morgan fingerprint density at radius 2 is 2.19 bits per heavy atom. The summed E-state index contributed by atoms with van der Waals surface area (Å²) in [4.78, 5) is 11.1. The molecule has 0 bridgehead atoms. The van der Waals surface area contributed by atoms with E-state index in [1.807, 2.05) is 0 Å². The zero-order valence-electron chi connectivity index (χ0n) is 8.78. The zero-order valence-corrected chi connectivity index (χ0v) is 8.78. The van der Waals surface area contributed by atoms with Crippen molar-refractivity contribution in [3.63, 3.8) is 0 Å². The minimum Gasteiger partial charge on any atom is -0.445 e. The number of ether oxygens (including phenoxy) is 1. The van der Waals surface area contributed by atoms with E-state index in [-0.39, 0.29) is 13.2 Å². The Hall–Kier alpha value is -1.62. The van der Waals surface area contributed by atoms with Gasteiger partial charge in [0, 0.05) is 18.7 Å². The van der Waals surface area contributed by atoms with Gasteiger partial charge in [-0.05, 0) is 12.5 Å². The van der Waals surface area contributed by atoms with Crippen molar-refractivity contribution in [2.75, 3.05) is 13.2 Å². The average molecular weight is 227 g/mol. The monoisotopic (exact) mass is 227 g/mol. The second-order valence-corrected chi connectivity index (χ2v) is 3.17. The maximum atomic E-state index is 13.1. The number of aliphatic hydroxyl groups is 1. The summed E-state index contributed by atoms with van der Waals surface area (Å²) in [5.74, 6) is -0.398. The number of benzene rings is 1. The van der Waals surface area contributed by atoms with Crippen LogP contribution in [0.3, 0.4) is 0 Å². The van der Waals surface area contributed by atoms with E-state index < -0.39 is 11.9 Å². The van der Waals surface area contributed by atoms with Crippen LogP contribution in [-0.4, -0.2) is 24.4 Å². The summed E-state index contributed by atoms with van der Waals surface area (Å²) < 4.78 is 17.9. The van der Waals surface area contributed by atoms with E-state index in [4.69, 9.17) is 9.84 Å². The minimum atomic E-state index is -0.614. The minimum absolute atomic E-state index is 0.00753. The van der Waals surface area contributed by atoms with Crippen LogP contribution < -0.4 is 5.32 Å². The molecular weight excluding hydrogens is 213 g/mol. The Morgan fingerprint density at radius 1 is 1.44 bits per heavy atom. The van der Waals surface area contributed by atoms with E-state index in [9.17, 15) is 9.18 Å². The lowest BCUT2D eigenvalue weighted by atomic mass is 10.2. The van der Waals surface area contributed by atoms with Crippen molar-refractivity contribution in [2.24, 2.45) is 0 Å². The lowest BCUT2D eigenvalue weighted by Gasteiger charge is -2.06. The van der Waals surface area contributed by atoms with Crippen molar-refractivity contribution < 1.29 is 19.0 Å². The smallest absolute Gasteiger partial charge is 0.407 e. The molecule has 88 valence electrons. The normalized spacial score (nSPS) is 9.88. The van der Waals surface area contributed by atoms with Gasteiger partial charge in [-0.2, -0.15) is 0 Å². The number of hydrogen-bond acceptors (Lipinski definition) is 3. The van der Waals surface area contributed by atoms with Gasteiger partial charge in [0.2, 0.25) is 0 Å². The summed E-state index contributed by atoms with van der Waals surface area (Å²) in [5.41, 5.74) is 0.333. The van der Waals surface area contributed by atoms with Crippen molar-refractivity contribution in [3.05, 3.63) is 35.6 Å². The molecule has 1 aromatic rings. The Bertz CT molecular complexity index is 344. The molecule has 2 N–H and O–H groups in total. The van der Waals surface area contributed by atoms with Crippen molar-refractivity contribution in [1.29, 1.82) is 0 Å². The number of carbonyl (C=O) groups is 1. The number of amides is 1. The third kappa shape index (κ3) is 4.27. The Kier molecular flexibility index (Phi) is 5.28. The van der Waals surface area contributed by atoms with Crippen LogP contribution >= 0.6 is 0 Å². The number of aliphatic hydroxyl groups excluding tert-OH is 1. The predicted molar refractivity (Wildman–Crippen MR) is 56.3 cm³/mol. The van der Waals surface area contributed by atoms with Gasteiger partial charge in [0.15, 0.2) is 0 Å². The van der Waals surface area contributed by atoms with Gasteiger partial charge in [0.1, 0.15) is 12.4 Å². The standard InChI is InChI=1S/C11H14FNO3/c12-10-5-2-1-4-9(10)8-16-11(15)13-6-3-7-14/h1-2,4-5,14H,3,6-8H2,(H,13,15). The molecule has 5 heteroatoms. The van der Waals surface area contributed by atoms with Gasteiger partial charge in [0.05, 0.1) is 0 Å². The molecule has 0 radical (unpaired) electrons. The Labute approximate surface area is 93.0 Å². The van der Waals surface area contributed by atoms with Crippen LogP contribution in [0.4, 0.5) is 9.18 Å². The van der Waals surface area contributed by atoms with Crippen LogP contribution in [0.15, 0.2) is 24.3 Å². The van der Waals surface area contributed by atoms with Gasteiger partial charge in [-0.25, -0.2) is 9.18 Å². The van der Waals surface area contributed by atoms with Gasteiger partial charge in [-0.1, -0.05) is 18.2 Å².